The van der Waals surface area contributed by atoms with Crippen LogP contribution in [0.2, 0.25) is 0 Å². The van der Waals surface area contributed by atoms with Gasteiger partial charge in [0.05, 0.1) is 22.9 Å². The number of imide groups is 1. The first-order valence-corrected chi connectivity index (χ1v) is 10.8. The number of rotatable bonds is 3. The van der Waals surface area contributed by atoms with Crippen molar-refractivity contribution in [2.24, 2.45) is 11.8 Å². The molecule has 2 bridgehead atoms. The highest BCUT2D eigenvalue weighted by atomic mass is 16.5. The molecule has 1 fully saturated rings. The van der Waals surface area contributed by atoms with E-state index in [2.05, 4.69) is 0 Å². The lowest BCUT2D eigenvalue weighted by Gasteiger charge is -2.51. The predicted molar refractivity (Wildman–Crippen MR) is 119 cm³/mol. The van der Waals surface area contributed by atoms with Gasteiger partial charge in [0.1, 0.15) is 12.0 Å². The molecule has 3 aromatic rings. The highest BCUT2D eigenvalue weighted by Gasteiger charge is 2.68. The third-order valence-corrected chi connectivity index (χ3v) is 7.23. The van der Waals surface area contributed by atoms with Gasteiger partial charge in [0.25, 0.3) is 0 Å². The summed E-state index contributed by atoms with van der Waals surface area (Å²) in [5.74, 6) is -2.61. The van der Waals surface area contributed by atoms with Crippen molar-refractivity contribution in [2.45, 2.75) is 18.3 Å². The standard InChI is InChI=1S/C27H19NO5/c1-15(30)33-17-12-10-16(11-13-17)28-25(31)23-22-18-6-2-4-8-20(18)27(14-29,24(23)26(28)32)21-9-5-3-7-19(21)22/h2-14,22-24H,1H3/t22?,23-,24-,27?/m1/s1. The molecular formula is C27H19NO5. The number of esters is 1. The minimum Gasteiger partial charge on any atom is -0.427 e. The highest BCUT2D eigenvalue weighted by Crippen LogP contribution is 2.63. The zero-order valence-corrected chi connectivity index (χ0v) is 17.7. The topological polar surface area (TPSA) is 80.8 Å². The third-order valence-electron chi connectivity index (χ3n) is 7.23. The Labute approximate surface area is 189 Å². The molecule has 4 aliphatic rings. The van der Waals surface area contributed by atoms with E-state index in [1.54, 1.807) is 24.3 Å². The number of amides is 2. The van der Waals surface area contributed by atoms with Crippen molar-refractivity contribution in [3.05, 3.63) is 95.1 Å². The zero-order chi connectivity index (χ0) is 22.9. The maximum Gasteiger partial charge on any atom is 0.308 e. The number of carbonyl (C=O) groups excluding carboxylic acids is 4. The summed E-state index contributed by atoms with van der Waals surface area (Å²) in [7, 11) is 0. The van der Waals surface area contributed by atoms with E-state index in [1.165, 1.54) is 11.8 Å². The molecule has 0 saturated carbocycles. The van der Waals surface area contributed by atoms with Gasteiger partial charge in [-0.1, -0.05) is 48.5 Å². The number of aldehydes is 1. The van der Waals surface area contributed by atoms with Crippen molar-refractivity contribution in [3.8, 4) is 5.75 Å². The molecule has 0 unspecified atom stereocenters. The van der Waals surface area contributed by atoms with E-state index in [9.17, 15) is 19.2 Å². The minimum absolute atomic E-state index is 0.300. The Hall–Kier alpha value is -4.06. The molecule has 33 heavy (non-hydrogen) atoms. The number of nitrogens with zero attached hydrogens (tertiary/aromatic N) is 1. The lowest BCUT2D eigenvalue weighted by molar-refractivity contribution is -0.132. The second-order valence-electron chi connectivity index (χ2n) is 8.74. The Morgan fingerprint density at radius 1 is 0.879 bits per heavy atom. The Balaban J connectivity index is 1.53. The van der Waals surface area contributed by atoms with Gasteiger partial charge in [0.2, 0.25) is 11.8 Å². The molecule has 1 heterocycles. The molecule has 0 spiro atoms. The molecule has 162 valence electrons. The average molecular weight is 437 g/mol. The summed E-state index contributed by atoms with van der Waals surface area (Å²) in [5, 5.41) is 0. The molecule has 0 radical (unpaired) electrons. The molecule has 1 aliphatic heterocycles. The van der Waals surface area contributed by atoms with E-state index in [0.717, 1.165) is 28.5 Å². The van der Waals surface area contributed by atoms with Crippen molar-refractivity contribution in [1.82, 2.24) is 0 Å². The molecule has 7 rings (SSSR count). The molecule has 6 heteroatoms. The third kappa shape index (κ3) is 2.38. The van der Waals surface area contributed by atoms with E-state index < -0.39 is 23.2 Å². The molecule has 3 aliphatic carbocycles. The van der Waals surface area contributed by atoms with Crippen LogP contribution in [-0.4, -0.2) is 24.1 Å². The van der Waals surface area contributed by atoms with Crippen LogP contribution >= 0.6 is 0 Å². The van der Waals surface area contributed by atoms with Crippen LogP contribution in [0.1, 0.15) is 35.1 Å². The van der Waals surface area contributed by atoms with Gasteiger partial charge in [-0.2, -0.15) is 0 Å². The Morgan fingerprint density at radius 2 is 1.45 bits per heavy atom. The minimum atomic E-state index is -1.22. The first-order valence-electron chi connectivity index (χ1n) is 10.8. The largest absolute Gasteiger partial charge is 0.427 e. The van der Waals surface area contributed by atoms with Crippen LogP contribution in [0.3, 0.4) is 0 Å². The first-order chi connectivity index (χ1) is 16.0. The van der Waals surface area contributed by atoms with Crippen LogP contribution in [0.25, 0.3) is 0 Å². The van der Waals surface area contributed by atoms with Crippen LogP contribution in [0.4, 0.5) is 5.69 Å². The number of ether oxygens (including phenoxy) is 1. The normalized spacial score (nSPS) is 26.5. The van der Waals surface area contributed by atoms with E-state index in [1.807, 2.05) is 48.5 Å². The molecule has 3 aromatic carbocycles. The first kappa shape index (κ1) is 19.6. The number of carbonyl (C=O) groups is 4. The van der Waals surface area contributed by atoms with Gasteiger partial charge in [0.15, 0.2) is 0 Å². The van der Waals surface area contributed by atoms with Crippen LogP contribution in [0.15, 0.2) is 72.8 Å². The van der Waals surface area contributed by atoms with E-state index in [-0.39, 0.29) is 17.7 Å². The van der Waals surface area contributed by atoms with Crippen molar-refractivity contribution >= 4 is 29.8 Å². The fraction of sp³-hybridized carbons (Fsp3) is 0.185. The van der Waals surface area contributed by atoms with Gasteiger partial charge in [-0.05, 0) is 46.5 Å². The van der Waals surface area contributed by atoms with Crippen LogP contribution in [0.5, 0.6) is 5.75 Å². The maximum atomic E-state index is 13.8. The summed E-state index contributed by atoms with van der Waals surface area (Å²) in [5.41, 5.74) is 2.64. The van der Waals surface area contributed by atoms with Crippen LogP contribution in [-0.2, 0) is 24.6 Å². The van der Waals surface area contributed by atoms with Crippen molar-refractivity contribution in [2.75, 3.05) is 4.90 Å². The smallest absolute Gasteiger partial charge is 0.308 e. The molecule has 0 aromatic heterocycles. The summed E-state index contributed by atoms with van der Waals surface area (Å²) in [6.45, 7) is 1.30. The van der Waals surface area contributed by atoms with Crippen LogP contribution < -0.4 is 9.64 Å². The molecule has 2 atom stereocenters. The van der Waals surface area contributed by atoms with Gasteiger partial charge in [-0.25, -0.2) is 4.90 Å². The molecule has 2 amide bonds. The van der Waals surface area contributed by atoms with E-state index in [4.69, 9.17) is 4.74 Å². The Kier molecular flexibility index (Phi) is 3.99. The van der Waals surface area contributed by atoms with Crippen molar-refractivity contribution in [3.63, 3.8) is 0 Å². The Morgan fingerprint density at radius 3 is 2.00 bits per heavy atom. The van der Waals surface area contributed by atoms with Gasteiger partial charge in [0, 0.05) is 12.8 Å². The monoisotopic (exact) mass is 437 g/mol. The summed E-state index contributed by atoms with van der Waals surface area (Å²) < 4.78 is 5.07. The summed E-state index contributed by atoms with van der Waals surface area (Å²) in [6, 6.07) is 21.5. The average Bonchev–Trinajstić information content (AvgIpc) is 3.10. The number of anilines is 1. The maximum absolute atomic E-state index is 13.8. The fourth-order valence-corrected chi connectivity index (χ4v) is 6.11. The van der Waals surface area contributed by atoms with Gasteiger partial charge in [-0.3, -0.25) is 14.4 Å². The molecule has 0 N–H and O–H groups in total. The molecule has 1 saturated heterocycles. The second-order valence-corrected chi connectivity index (χ2v) is 8.74. The van der Waals surface area contributed by atoms with Gasteiger partial charge in [-0.15, -0.1) is 0 Å². The summed E-state index contributed by atoms with van der Waals surface area (Å²) >= 11 is 0. The summed E-state index contributed by atoms with van der Waals surface area (Å²) in [4.78, 5) is 53.0. The lowest BCUT2D eigenvalue weighted by Crippen LogP contribution is -2.54. The van der Waals surface area contributed by atoms with Gasteiger partial charge < -0.3 is 9.53 Å². The lowest BCUT2D eigenvalue weighted by atomic mass is 9.48. The highest BCUT2D eigenvalue weighted by molar-refractivity contribution is 6.24. The molecule has 6 nitrogen and oxygen atoms in total. The Bertz CT molecular complexity index is 1310. The quantitative estimate of drug-likeness (QED) is 0.272. The number of benzene rings is 3. The van der Waals surface area contributed by atoms with Crippen molar-refractivity contribution in [1.29, 1.82) is 0 Å². The van der Waals surface area contributed by atoms with E-state index >= 15 is 0 Å². The number of hydrogen-bond donors (Lipinski definition) is 0. The fourth-order valence-electron chi connectivity index (χ4n) is 6.11. The van der Waals surface area contributed by atoms with Crippen LogP contribution in [0, 0.1) is 11.8 Å². The van der Waals surface area contributed by atoms with Gasteiger partial charge >= 0.3 is 5.97 Å². The SMILES string of the molecule is CC(=O)Oc1ccc(N2C(=O)[C@@H]3C4c5ccccc5C(C=O)(c5ccccc54)[C@H]3C2=O)cc1. The predicted octanol–water partition coefficient (Wildman–Crippen LogP) is 3.36. The zero-order valence-electron chi connectivity index (χ0n) is 17.7. The molecular weight excluding hydrogens is 418 g/mol. The van der Waals surface area contributed by atoms with Crippen molar-refractivity contribution < 1.29 is 23.9 Å². The van der Waals surface area contributed by atoms with E-state index in [0.29, 0.717) is 11.4 Å². The summed E-state index contributed by atoms with van der Waals surface area (Å²) in [6.07, 6.45) is 0.857. The number of hydrogen-bond acceptors (Lipinski definition) is 5. The second kappa shape index (κ2) is 6.72.